The molecule has 4 nitrogen and oxygen atoms in total. The maximum atomic E-state index is 5.38. The molecule has 0 unspecified atom stereocenters. The van der Waals surface area contributed by atoms with E-state index in [9.17, 15) is 0 Å². The molecule has 74 valence electrons. The van der Waals surface area contributed by atoms with E-state index in [0.717, 1.165) is 17.1 Å². The van der Waals surface area contributed by atoms with Crippen molar-refractivity contribution in [2.45, 2.75) is 0 Å². The SMILES string of the molecule is C1=C(n2cccn2)NOc2ccccc21. The van der Waals surface area contributed by atoms with Crippen LogP contribution in [-0.4, -0.2) is 9.78 Å². The number of fused-ring (bicyclic) bond motifs is 1. The first-order valence-electron chi connectivity index (χ1n) is 4.67. The third kappa shape index (κ3) is 1.36. The van der Waals surface area contributed by atoms with E-state index in [4.69, 9.17) is 4.84 Å². The Morgan fingerprint density at radius 2 is 2.13 bits per heavy atom. The van der Waals surface area contributed by atoms with Gasteiger partial charge in [0.2, 0.25) is 0 Å². The Bertz CT molecular complexity index is 502. The zero-order chi connectivity index (χ0) is 10.1. The van der Waals surface area contributed by atoms with Crippen LogP contribution in [0.25, 0.3) is 11.9 Å². The van der Waals surface area contributed by atoms with E-state index in [1.807, 2.05) is 42.6 Å². The Morgan fingerprint density at radius 1 is 1.20 bits per heavy atom. The average Bonchev–Trinajstić information content (AvgIpc) is 2.82. The summed E-state index contributed by atoms with van der Waals surface area (Å²) in [5.41, 5.74) is 3.88. The average molecular weight is 199 g/mol. The Labute approximate surface area is 86.7 Å². The first-order chi connectivity index (χ1) is 7.43. The van der Waals surface area contributed by atoms with Gasteiger partial charge in [-0.05, 0) is 18.2 Å². The topological polar surface area (TPSA) is 39.1 Å². The van der Waals surface area contributed by atoms with Crippen molar-refractivity contribution < 1.29 is 4.84 Å². The number of para-hydroxylation sites is 1. The summed E-state index contributed by atoms with van der Waals surface area (Å²) in [4.78, 5) is 5.38. The lowest BCUT2D eigenvalue weighted by Gasteiger charge is -2.18. The van der Waals surface area contributed by atoms with Crippen LogP contribution in [0.1, 0.15) is 5.56 Å². The second-order valence-electron chi connectivity index (χ2n) is 3.22. The third-order valence-corrected chi connectivity index (χ3v) is 2.23. The lowest BCUT2D eigenvalue weighted by Crippen LogP contribution is -2.24. The number of aromatic nitrogens is 2. The quantitative estimate of drug-likeness (QED) is 0.760. The highest BCUT2D eigenvalue weighted by Gasteiger charge is 2.11. The molecule has 1 aliphatic heterocycles. The highest BCUT2D eigenvalue weighted by atomic mass is 16.6. The fourth-order valence-corrected chi connectivity index (χ4v) is 1.50. The van der Waals surface area contributed by atoms with Crippen molar-refractivity contribution in [3.63, 3.8) is 0 Å². The van der Waals surface area contributed by atoms with Gasteiger partial charge in [-0.3, -0.25) is 0 Å². The second-order valence-corrected chi connectivity index (χ2v) is 3.22. The van der Waals surface area contributed by atoms with Gasteiger partial charge in [0.1, 0.15) is 0 Å². The Kier molecular flexibility index (Phi) is 1.71. The standard InChI is InChI=1S/C11H9N3O/c1-2-5-10-9(4-1)8-11(13-15-10)14-7-3-6-12-14/h1-8,13H. The van der Waals surface area contributed by atoms with E-state index in [1.165, 1.54) is 0 Å². The van der Waals surface area contributed by atoms with Crippen LogP contribution < -0.4 is 10.3 Å². The van der Waals surface area contributed by atoms with E-state index < -0.39 is 0 Å². The fraction of sp³-hybridized carbons (Fsp3) is 0. The van der Waals surface area contributed by atoms with Gasteiger partial charge in [-0.1, -0.05) is 18.2 Å². The van der Waals surface area contributed by atoms with Crippen LogP contribution in [0.5, 0.6) is 5.75 Å². The number of nitrogens with one attached hydrogen (secondary N) is 1. The molecule has 2 aromatic rings. The molecule has 0 saturated heterocycles. The number of rotatable bonds is 1. The zero-order valence-corrected chi connectivity index (χ0v) is 7.92. The van der Waals surface area contributed by atoms with Gasteiger partial charge in [-0.15, -0.1) is 0 Å². The Hall–Kier alpha value is -2.23. The molecule has 0 aliphatic carbocycles. The van der Waals surface area contributed by atoms with Crippen molar-refractivity contribution in [3.05, 3.63) is 48.3 Å². The van der Waals surface area contributed by atoms with Gasteiger partial charge in [0.25, 0.3) is 0 Å². The Morgan fingerprint density at radius 3 is 3.00 bits per heavy atom. The van der Waals surface area contributed by atoms with Gasteiger partial charge in [-0.2, -0.15) is 5.10 Å². The van der Waals surface area contributed by atoms with Crippen LogP contribution in [0.15, 0.2) is 42.7 Å². The zero-order valence-electron chi connectivity index (χ0n) is 7.92. The van der Waals surface area contributed by atoms with Gasteiger partial charge < -0.3 is 4.84 Å². The molecule has 0 atom stereocenters. The van der Waals surface area contributed by atoms with E-state index in [0.29, 0.717) is 0 Å². The largest absolute Gasteiger partial charge is 0.380 e. The van der Waals surface area contributed by atoms with E-state index in [-0.39, 0.29) is 0 Å². The van der Waals surface area contributed by atoms with E-state index in [1.54, 1.807) is 10.9 Å². The fourth-order valence-electron chi connectivity index (χ4n) is 1.50. The molecule has 0 amide bonds. The molecule has 0 fully saturated rings. The molecule has 1 N–H and O–H groups in total. The molecule has 3 rings (SSSR count). The normalized spacial score (nSPS) is 13.5. The summed E-state index contributed by atoms with van der Waals surface area (Å²) in [6, 6.07) is 9.69. The number of benzene rings is 1. The summed E-state index contributed by atoms with van der Waals surface area (Å²) in [7, 11) is 0. The third-order valence-electron chi connectivity index (χ3n) is 2.23. The summed E-state index contributed by atoms with van der Waals surface area (Å²) in [5, 5.41) is 4.12. The lowest BCUT2D eigenvalue weighted by atomic mass is 10.2. The molecule has 4 heteroatoms. The van der Waals surface area contributed by atoms with Crippen molar-refractivity contribution in [2.75, 3.05) is 0 Å². The molecule has 0 radical (unpaired) electrons. The summed E-state index contributed by atoms with van der Waals surface area (Å²) >= 11 is 0. The molecule has 0 spiro atoms. The minimum Gasteiger partial charge on any atom is -0.380 e. The lowest BCUT2D eigenvalue weighted by molar-refractivity contribution is 0.240. The maximum absolute atomic E-state index is 5.38. The first kappa shape index (κ1) is 8.11. The minimum atomic E-state index is 0.804. The molecule has 2 heterocycles. The summed E-state index contributed by atoms with van der Waals surface area (Å²) in [6.07, 6.45) is 5.57. The van der Waals surface area contributed by atoms with Crippen molar-refractivity contribution in [3.8, 4) is 5.75 Å². The monoisotopic (exact) mass is 199 g/mol. The van der Waals surface area contributed by atoms with Gasteiger partial charge in [-0.25, -0.2) is 10.2 Å². The highest BCUT2D eigenvalue weighted by molar-refractivity contribution is 5.73. The van der Waals surface area contributed by atoms with E-state index >= 15 is 0 Å². The van der Waals surface area contributed by atoms with Gasteiger partial charge >= 0.3 is 0 Å². The number of nitrogens with zero attached hydrogens (tertiary/aromatic N) is 2. The van der Waals surface area contributed by atoms with Crippen LogP contribution in [0.2, 0.25) is 0 Å². The molecule has 1 aromatic carbocycles. The first-order valence-corrected chi connectivity index (χ1v) is 4.67. The van der Waals surface area contributed by atoms with Gasteiger partial charge in [0.05, 0.1) is 0 Å². The minimum absolute atomic E-state index is 0.804. The molecule has 1 aromatic heterocycles. The smallest absolute Gasteiger partial charge is 0.162 e. The maximum Gasteiger partial charge on any atom is 0.162 e. The van der Waals surface area contributed by atoms with Gasteiger partial charge in [0, 0.05) is 18.0 Å². The molecule has 0 saturated carbocycles. The van der Waals surface area contributed by atoms with Crippen LogP contribution in [0.3, 0.4) is 0 Å². The highest BCUT2D eigenvalue weighted by Crippen LogP contribution is 2.24. The van der Waals surface area contributed by atoms with Crippen molar-refractivity contribution >= 4 is 11.9 Å². The summed E-state index contributed by atoms with van der Waals surface area (Å²) in [6.45, 7) is 0. The van der Waals surface area contributed by atoms with Crippen molar-refractivity contribution in [1.82, 2.24) is 15.3 Å². The van der Waals surface area contributed by atoms with Crippen LogP contribution in [0, 0.1) is 0 Å². The molecule has 15 heavy (non-hydrogen) atoms. The number of hydrogen-bond donors (Lipinski definition) is 1. The van der Waals surface area contributed by atoms with Crippen molar-refractivity contribution in [1.29, 1.82) is 0 Å². The molecule has 1 aliphatic rings. The van der Waals surface area contributed by atoms with Gasteiger partial charge in [0.15, 0.2) is 11.6 Å². The Balaban J connectivity index is 2.06. The predicted octanol–water partition coefficient (Wildman–Crippen LogP) is 1.74. The van der Waals surface area contributed by atoms with Crippen molar-refractivity contribution in [2.24, 2.45) is 0 Å². The number of hydrogen-bond acceptors (Lipinski definition) is 3. The molecule has 0 bridgehead atoms. The molecular weight excluding hydrogens is 190 g/mol. The van der Waals surface area contributed by atoms with Crippen LogP contribution in [0.4, 0.5) is 0 Å². The van der Waals surface area contributed by atoms with Crippen LogP contribution >= 0.6 is 0 Å². The predicted molar refractivity (Wildman–Crippen MR) is 56.6 cm³/mol. The second kappa shape index (κ2) is 3.16. The summed E-state index contributed by atoms with van der Waals surface area (Å²) < 4.78 is 1.72. The number of hydroxylamine groups is 1. The molecular formula is C11H9N3O. The summed E-state index contributed by atoms with van der Waals surface area (Å²) in [5.74, 6) is 1.63. The van der Waals surface area contributed by atoms with E-state index in [2.05, 4.69) is 10.6 Å². The van der Waals surface area contributed by atoms with Crippen LogP contribution in [-0.2, 0) is 0 Å².